The Labute approximate surface area is 107 Å². The van der Waals surface area contributed by atoms with Gasteiger partial charge in [-0.1, -0.05) is 0 Å². The lowest BCUT2D eigenvalue weighted by Crippen LogP contribution is -2.47. The van der Waals surface area contributed by atoms with Crippen molar-refractivity contribution >= 4 is 12.0 Å². The molecule has 1 fully saturated rings. The first-order valence-electron chi connectivity index (χ1n) is 6.34. The van der Waals surface area contributed by atoms with Crippen LogP contribution in [0.1, 0.15) is 26.7 Å². The summed E-state index contributed by atoms with van der Waals surface area (Å²) in [4.78, 5) is 23.9. The molecule has 1 rings (SSSR count). The topological polar surface area (TPSA) is 78.9 Å². The van der Waals surface area contributed by atoms with Crippen LogP contribution in [0.25, 0.3) is 0 Å². The van der Waals surface area contributed by atoms with Crippen LogP contribution >= 0.6 is 0 Å². The standard InChI is InChI=1S/C12H22N2O4/c1-9(2)14(8-11(15)16)12(17)13-7-10-3-5-18-6-4-10/h9-10H,3-8H2,1-2H3,(H,13,17)(H,15,16). The third-order valence-corrected chi connectivity index (χ3v) is 3.07. The van der Waals surface area contributed by atoms with Crippen LogP contribution < -0.4 is 5.32 Å². The van der Waals surface area contributed by atoms with Gasteiger partial charge in [0.25, 0.3) is 0 Å². The van der Waals surface area contributed by atoms with Crippen molar-refractivity contribution in [2.75, 3.05) is 26.3 Å². The molecule has 0 bridgehead atoms. The van der Waals surface area contributed by atoms with Crippen molar-refractivity contribution in [3.63, 3.8) is 0 Å². The van der Waals surface area contributed by atoms with Gasteiger partial charge in [0, 0.05) is 25.8 Å². The van der Waals surface area contributed by atoms with Gasteiger partial charge >= 0.3 is 12.0 Å². The highest BCUT2D eigenvalue weighted by molar-refractivity contribution is 5.80. The number of nitrogens with zero attached hydrogens (tertiary/aromatic N) is 1. The molecule has 1 aliphatic rings. The summed E-state index contributed by atoms with van der Waals surface area (Å²) in [5.74, 6) is -0.563. The molecule has 0 aliphatic carbocycles. The molecular weight excluding hydrogens is 236 g/mol. The molecule has 1 heterocycles. The quantitative estimate of drug-likeness (QED) is 0.768. The monoisotopic (exact) mass is 258 g/mol. The maximum absolute atomic E-state index is 11.9. The number of ether oxygens (including phenoxy) is 1. The average Bonchev–Trinajstić information content (AvgIpc) is 2.34. The van der Waals surface area contributed by atoms with Gasteiger partial charge in [-0.3, -0.25) is 4.79 Å². The molecule has 0 atom stereocenters. The molecule has 0 unspecified atom stereocenters. The minimum absolute atomic E-state index is 0.129. The SMILES string of the molecule is CC(C)N(CC(=O)O)C(=O)NCC1CCOCC1. The number of urea groups is 1. The van der Waals surface area contributed by atoms with E-state index >= 15 is 0 Å². The van der Waals surface area contributed by atoms with E-state index in [9.17, 15) is 9.59 Å². The number of rotatable bonds is 5. The first-order valence-corrected chi connectivity index (χ1v) is 6.34. The molecule has 1 saturated heterocycles. The third kappa shape index (κ3) is 4.91. The van der Waals surface area contributed by atoms with E-state index < -0.39 is 5.97 Å². The highest BCUT2D eigenvalue weighted by Crippen LogP contribution is 2.13. The number of amides is 2. The zero-order valence-corrected chi connectivity index (χ0v) is 11.0. The van der Waals surface area contributed by atoms with Crippen LogP contribution in [0.4, 0.5) is 4.79 Å². The second-order valence-electron chi connectivity index (χ2n) is 4.86. The van der Waals surface area contributed by atoms with Crippen molar-refractivity contribution in [3.8, 4) is 0 Å². The Morgan fingerprint density at radius 2 is 2.00 bits per heavy atom. The zero-order valence-electron chi connectivity index (χ0n) is 11.0. The molecule has 0 aromatic heterocycles. The fraction of sp³-hybridized carbons (Fsp3) is 0.833. The lowest BCUT2D eigenvalue weighted by atomic mass is 10.0. The number of hydrogen-bond acceptors (Lipinski definition) is 3. The smallest absolute Gasteiger partial charge is 0.323 e. The Hall–Kier alpha value is -1.30. The van der Waals surface area contributed by atoms with Gasteiger partial charge in [-0.15, -0.1) is 0 Å². The van der Waals surface area contributed by atoms with Crippen molar-refractivity contribution in [2.24, 2.45) is 5.92 Å². The number of aliphatic carboxylic acids is 1. The maximum atomic E-state index is 11.9. The molecule has 0 aromatic rings. The highest BCUT2D eigenvalue weighted by atomic mass is 16.5. The van der Waals surface area contributed by atoms with Crippen molar-refractivity contribution in [1.29, 1.82) is 0 Å². The summed E-state index contributed by atoms with van der Waals surface area (Å²) >= 11 is 0. The van der Waals surface area contributed by atoms with E-state index in [1.165, 1.54) is 4.90 Å². The van der Waals surface area contributed by atoms with E-state index in [2.05, 4.69) is 5.32 Å². The summed E-state index contributed by atoms with van der Waals surface area (Å²) in [5, 5.41) is 11.6. The van der Waals surface area contributed by atoms with Gasteiger partial charge in [-0.2, -0.15) is 0 Å². The van der Waals surface area contributed by atoms with E-state index in [1.54, 1.807) is 13.8 Å². The Balaban J connectivity index is 2.38. The number of carbonyl (C=O) groups is 2. The van der Waals surface area contributed by atoms with Crippen molar-refractivity contribution in [3.05, 3.63) is 0 Å². The Morgan fingerprint density at radius 3 is 2.50 bits per heavy atom. The summed E-state index contributed by atoms with van der Waals surface area (Å²) in [6.07, 6.45) is 1.89. The van der Waals surface area contributed by atoms with Crippen molar-refractivity contribution in [2.45, 2.75) is 32.7 Å². The van der Waals surface area contributed by atoms with Crippen LogP contribution in [0.5, 0.6) is 0 Å². The number of carboxylic acid groups (broad SMARTS) is 1. The summed E-state index contributed by atoms with van der Waals surface area (Å²) in [6, 6.07) is -0.435. The fourth-order valence-electron chi connectivity index (χ4n) is 1.92. The third-order valence-electron chi connectivity index (χ3n) is 3.07. The summed E-state index contributed by atoms with van der Waals surface area (Å²) in [6.45, 7) is 5.41. The van der Waals surface area contributed by atoms with Crippen LogP contribution in [0.3, 0.4) is 0 Å². The van der Waals surface area contributed by atoms with Gasteiger partial charge in [0.05, 0.1) is 0 Å². The van der Waals surface area contributed by atoms with Gasteiger partial charge in [0.1, 0.15) is 6.54 Å². The molecule has 104 valence electrons. The van der Waals surface area contributed by atoms with Crippen molar-refractivity contribution in [1.82, 2.24) is 10.2 Å². The molecule has 6 nitrogen and oxygen atoms in total. The minimum atomic E-state index is -0.995. The lowest BCUT2D eigenvalue weighted by molar-refractivity contribution is -0.138. The molecule has 2 amide bonds. The molecular formula is C12H22N2O4. The molecule has 0 radical (unpaired) electrons. The second-order valence-corrected chi connectivity index (χ2v) is 4.86. The molecule has 18 heavy (non-hydrogen) atoms. The highest BCUT2D eigenvalue weighted by Gasteiger charge is 2.21. The van der Waals surface area contributed by atoms with Crippen LogP contribution in [0.15, 0.2) is 0 Å². The first-order chi connectivity index (χ1) is 8.50. The van der Waals surface area contributed by atoms with Crippen LogP contribution in [-0.2, 0) is 9.53 Å². The largest absolute Gasteiger partial charge is 0.480 e. The minimum Gasteiger partial charge on any atom is -0.480 e. The summed E-state index contributed by atoms with van der Waals surface area (Å²) < 4.78 is 5.24. The van der Waals surface area contributed by atoms with E-state index in [0.717, 1.165) is 26.1 Å². The van der Waals surface area contributed by atoms with Gasteiger partial charge in [0.15, 0.2) is 0 Å². The predicted molar refractivity (Wildman–Crippen MR) is 66.4 cm³/mol. The fourth-order valence-corrected chi connectivity index (χ4v) is 1.92. The molecule has 0 aromatic carbocycles. The van der Waals surface area contributed by atoms with Gasteiger partial charge in [-0.05, 0) is 32.6 Å². The Morgan fingerprint density at radius 1 is 1.39 bits per heavy atom. The molecule has 2 N–H and O–H groups in total. The van der Waals surface area contributed by atoms with Crippen LogP contribution in [0, 0.1) is 5.92 Å². The van der Waals surface area contributed by atoms with Gasteiger partial charge in [-0.25, -0.2) is 4.79 Å². The summed E-state index contributed by atoms with van der Waals surface area (Å²) in [5.41, 5.74) is 0. The van der Waals surface area contributed by atoms with E-state index in [4.69, 9.17) is 9.84 Å². The number of carboxylic acids is 1. The molecule has 1 aliphatic heterocycles. The first kappa shape index (κ1) is 14.8. The number of carbonyl (C=O) groups excluding carboxylic acids is 1. The van der Waals surface area contributed by atoms with Gasteiger partial charge in [0.2, 0.25) is 0 Å². The van der Waals surface area contributed by atoms with E-state index in [0.29, 0.717) is 12.5 Å². The number of nitrogens with one attached hydrogen (secondary N) is 1. The molecule has 0 saturated carbocycles. The lowest BCUT2D eigenvalue weighted by Gasteiger charge is -2.27. The molecule has 6 heteroatoms. The normalized spacial score (nSPS) is 16.6. The Bertz CT molecular complexity index is 288. The average molecular weight is 258 g/mol. The molecule has 0 spiro atoms. The summed E-state index contributed by atoms with van der Waals surface area (Å²) in [7, 11) is 0. The van der Waals surface area contributed by atoms with Crippen LogP contribution in [0.2, 0.25) is 0 Å². The zero-order chi connectivity index (χ0) is 13.5. The van der Waals surface area contributed by atoms with E-state index in [-0.39, 0.29) is 18.6 Å². The predicted octanol–water partition coefficient (Wildman–Crippen LogP) is 0.918. The Kier molecular flexibility index (Phi) is 5.91. The maximum Gasteiger partial charge on any atom is 0.323 e. The van der Waals surface area contributed by atoms with Crippen LogP contribution in [-0.4, -0.2) is 54.4 Å². The second kappa shape index (κ2) is 7.20. The van der Waals surface area contributed by atoms with E-state index in [1.807, 2.05) is 0 Å². The number of hydrogen-bond donors (Lipinski definition) is 2. The van der Waals surface area contributed by atoms with Crippen molar-refractivity contribution < 1.29 is 19.4 Å². The van der Waals surface area contributed by atoms with Gasteiger partial charge < -0.3 is 20.1 Å².